The number of hydrogen-bond donors (Lipinski definition) is 2. The summed E-state index contributed by atoms with van der Waals surface area (Å²) < 4.78 is 5.24. The molecule has 0 aliphatic carbocycles. The van der Waals surface area contributed by atoms with Gasteiger partial charge in [-0.25, -0.2) is 0 Å². The average Bonchev–Trinajstić information content (AvgIpc) is 2.48. The van der Waals surface area contributed by atoms with Crippen LogP contribution >= 0.6 is 11.8 Å². The van der Waals surface area contributed by atoms with Gasteiger partial charge in [-0.05, 0) is 50.9 Å². The molecule has 0 unspecified atom stereocenters. The number of amidine groups is 1. The molecule has 2 saturated heterocycles. The van der Waals surface area contributed by atoms with Gasteiger partial charge in [0.05, 0.1) is 4.75 Å². The first-order valence-electron chi connectivity index (χ1n) is 7.03. The van der Waals surface area contributed by atoms with Crippen LogP contribution in [0.1, 0.15) is 25.7 Å². The van der Waals surface area contributed by atoms with Crippen LogP contribution in [0.3, 0.4) is 0 Å². The molecule has 0 radical (unpaired) electrons. The van der Waals surface area contributed by atoms with Gasteiger partial charge in [-0.15, -0.1) is 0 Å². The lowest BCUT2D eigenvalue weighted by atomic mass is 9.92. The molecule has 0 atom stereocenters. The largest absolute Gasteiger partial charge is 0.409 e. The van der Waals surface area contributed by atoms with Gasteiger partial charge in [0.25, 0.3) is 0 Å². The van der Waals surface area contributed by atoms with Crippen molar-refractivity contribution in [3.8, 4) is 0 Å². The molecule has 2 rings (SSSR count). The van der Waals surface area contributed by atoms with Gasteiger partial charge in [0.15, 0.2) is 5.84 Å². The summed E-state index contributed by atoms with van der Waals surface area (Å²) in [4.78, 5) is 2.52. The highest BCUT2D eigenvalue weighted by Crippen LogP contribution is 2.35. The Morgan fingerprint density at radius 1 is 1.42 bits per heavy atom. The summed E-state index contributed by atoms with van der Waals surface area (Å²) in [5, 5.41) is 12.2. The lowest BCUT2D eigenvalue weighted by molar-refractivity contribution is 0.0492. The minimum absolute atomic E-state index is 0.166. The van der Waals surface area contributed by atoms with Gasteiger partial charge >= 0.3 is 0 Å². The van der Waals surface area contributed by atoms with Gasteiger partial charge in [0.1, 0.15) is 0 Å². The van der Waals surface area contributed by atoms with Crippen LogP contribution in [0.2, 0.25) is 0 Å². The van der Waals surface area contributed by atoms with E-state index in [1.807, 2.05) is 6.26 Å². The zero-order valence-electron chi connectivity index (χ0n) is 11.7. The monoisotopic (exact) mass is 287 g/mol. The predicted octanol–water partition coefficient (Wildman–Crippen LogP) is 1.36. The van der Waals surface area contributed by atoms with Gasteiger partial charge in [-0.1, -0.05) is 5.16 Å². The molecule has 19 heavy (non-hydrogen) atoms. The van der Waals surface area contributed by atoms with Crippen molar-refractivity contribution in [1.82, 2.24) is 4.90 Å². The van der Waals surface area contributed by atoms with E-state index in [2.05, 4.69) is 10.1 Å². The van der Waals surface area contributed by atoms with Crippen LogP contribution in [0, 0.1) is 5.92 Å². The number of thioether (sulfide) groups is 1. The van der Waals surface area contributed by atoms with E-state index in [0.717, 1.165) is 45.1 Å². The van der Waals surface area contributed by atoms with Crippen molar-refractivity contribution in [1.29, 1.82) is 0 Å². The van der Waals surface area contributed by atoms with E-state index in [1.165, 1.54) is 19.4 Å². The van der Waals surface area contributed by atoms with E-state index < -0.39 is 0 Å². The first kappa shape index (κ1) is 14.9. The number of oxime groups is 1. The van der Waals surface area contributed by atoms with Crippen LogP contribution in [-0.2, 0) is 4.74 Å². The maximum atomic E-state index is 8.93. The first-order chi connectivity index (χ1) is 9.20. The van der Waals surface area contributed by atoms with Crippen LogP contribution in [-0.4, -0.2) is 59.8 Å². The van der Waals surface area contributed by atoms with E-state index in [-0.39, 0.29) is 4.75 Å². The number of rotatable bonds is 4. The fourth-order valence-electron chi connectivity index (χ4n) is 3.05. The lowest BCUT2D eigenvalue weighted by Gasteiger charge is -2.41. The van der Waals surface area contributed by atoms with Crippen molar-refractivity contribution >= 4 is 17.6 Å². The zero-order chi connectivity index (χ0) is 13.7. The average molecular weight is 287 g/mol. The summed E-state index contributed by atoms with van der Waals surface area (Å²) in [7, 11) is 0. The lowest BCUT2D eigenvalue weighted by Crippen LogP contribution is -2.51. The predicted molar refractivity (Wildman–Crippen MR) is 78.9 cm³/mol. The molecule has 2 aliphatic heterocycles. The third kappa shape index (κ3) is 3.55. The molecule has 6 heteroatoms. The van der Waals surface area contributed by atoms with Crippen LogP contribution in [0.25, 0.3) is 0 Å². The highest BCUT2D eigenvalue weighted by Gasteiger charge is 2.38. The Balaban J connectivity index is 1.84. The minimum Gasteiger partial charge on any atom is -0.409 e. The molecule has 2 heterocycles. The van der Waals surface area contributed by atoms with E-state index in [9.17, 15) is 0 Å². The Kier molecular flexibility index (Phi) is 5.36. The fourth-order valence-corrected chi connectivity index (χ4v) is 3.89. The normalized spacial score (nSPS) is 26.5. The molecule has 5 nitrogen and oxygen atoms in total. The first-order valence-corrected chi connectivity index (χ1v) is 8.26. The van der Waals surface area contributed by atoms with Crippen LogP contribution in [0.5, 0.6) is 0 Å². The summed E-state index contributed by atoms with van der Waals surface area (Å²) in [5.74, 6) is 1.16. The second-order valence-corrected chi connectivity index (χ2v) is 6.73. The number of nitrogens with two attached hydrogens (primary N) is 1. The zero-order valence-corrected chi connectivity index (χ0v) is 12.5. The van der Waals surface area contributed by atoms with Gasteiger partial charge in [-0.3, -0.25) is 0 Å². The number of piperidine rings is 1. The highest BCUT2D eigenvalue weighted by atomic mass is 32.2. The van der Waals surface area contributed by atoms with E-state index >= 15 is 0 Å². The molecule has 0 bridgehead atoms. The Labute approximate surface area is 119 Å². The molecule has 110 valence electrons. The molecule has 0 aromatic carbocycles. The molecular formula is C13H25N3O2S. The van der Waals surface area contributed by atoms with Crippen molar-refractivity contribution in [2.75, 3.05) is 39.1 Å². The summed E-state index contributed by atoms with van der Waals surface area (Å²) in [6.07, 6.45) is 6.35. The van der Waals surface area contributed by atoms with Gasteiger partial charge < -0.3 is 20.6 Å². The molecule has 0 saturated carbocycles. The van der Waals surface area contributed by atoms with Gasteiger partial charge in [0.2, 0.25) is 0 Å². The Morgan fingerprint density at radius 3 is 2.58 bits per heavy atom. The van der Waals surface area contributed by atoms with Crippen molar-refractivity contribution in [2.45, 2.75) is 30.4 Å². The molecule has 0 aromatic rings. The van der Waals surface area contributed by atoms with Crippen molar-refractivity contribution in [2.24, 2.45) is 16.8 Å². The van der Waals surface area contributed by atoms with Crippen LogP contribution in [0.15, 0.2) is 5.16 Å². The maximum absolute atomic E-state index is 8.93. The molecule has 0 spiro atoms. The van der Waals surface area contributed by atoms with E-state index in [1.54, 1.807) is 11.8 Å². The third-order valence-corrected chi connectivity index (χ3v) is 5.89. The summed E-state index contributed by atoms with van der Waals surface area (Å²) in [5.41, 5.74) is 5.87. The molecular weight excluding hydrogens is 262 g/mol. The smallest absolute Gasteiger partial charge is 0.155 e. The molecule has 2 fully saturated rings. The summed E-state index contributed by atoms with van der Waals surface area (Å²) in [6.45, 7) is 5.07. The SMILES string of the molecule is CSC1(C(N)=NO)CCN(CC2CCOCC2)CC1. The van der Waals surface area contributed by atoms with Gasteiger partial charge in [-0.2, -0.15) is 11.8 Å². The van der Waals surface area contributed by atoms with Crippen molar-refractivity contribution in [3.05, 3.63) is 0 Å². The minimum atomic E-state index is -0.166. The highest BCUT2D eigenvalue weighted by molar-refractivity contribution is 8.00. The fraction of sp³-hybridized carbons (Fsp3) is 0.923. The number of ether oxygens (including phenoxy) is 1. The summed E-state index contributed by atoms with van der Waals surface area (Å²) in [6, 6.07) is 0. The molecule has 0 amide bonds. The Morgan fingerprint density at radius 2 is 2.05 bits per heavy atom. The van der Waals surface area contributed by atoms with Crippen LogP contribution < -0.4 is 5.73 Å². The van der Waals surface area contributed by atoms with E-state index in [4.69, 9.17) is 15.7 Å². The third-order valence-electron chi connectivity index (χ3n) is 4.49. The second-order valence-electron chi connectivity index (χ2n) is 5.54. The van der Waals surface area contributed by atoms with Crippen LogP contribution in [0.4, 0.5) is 0 Å². The summed E-state index contributed by atoms with van der Waals surface area (Å²) >= 11 is 1.71. The Bertz CT molecular complexity index is 311. The number of nitrogens with zero attached hydrogens (tertiary/aromatic N) is 2. The second kappa shape index (κ2) is 6.81. The number of likely N-dealkylation sites (tertiary alicyclic amines) is 1. The van der Waals surface area contributed by atoms with Gasteiger partial charge in [0, 0.05) is 19.8 Å². The van der Waals surface area contributed by atoms with Crippen molar-refractivity contribution in [3.63, 3.8) is 0 Å². The molecule has 2 aliphatic rings. The topological polar surface area (TPSA) is 71.1 Å². The molecule has 3 N–H and O–H groups in total. The quantitative estimate of drug-likeness (QED) is 0.353. The number of hydrogen-bond acceptors (Lipinski definition) is 5. The standard InChI is InChI=1S/C13H25N3O2S/c1-19-13(12(14)15-17)4-6-16(7-5-13)10-11-2-8-18-9-3-11/h11,17H,2-10H2,1H3,(H2,14,15). The molecule has 0 aromatic heterocycles. The Hall–Kier alpha value is -0.460. The maximum Gasteiger partial charge on any atom is 0.155 e. The van der Waals surface area contributed by atoms with E-state index in [0.29, 0.717) is 5.84 Å². The van der Waals surface area contributed by atoms with Crippen molar-refractivity contribution < 1.29 is 9.94 Å².